The zero-order valence-electron chi connectivity index (χ0n) is 19.1. The fraction of sp³-hybridized carbons (Fsp3) is 0.321. The number of ether oxygens (including phenoxy) is 2. The van der Waals surface area contributed by atoms with Gasteiger partial charge in [-0.25, -0.2) is 4.79 Å². The van der Waals surface area contributed by atoms with Gasteiger partial charge in [-0.05, 0) is 29.7 Å². The Morgan fingerprint density at radius 2 is 1.48 bits per heavy atom. The van der Waals surface area contributed by atoms with Crippen molar-refractivity contribution in [2.75, 3.05) is 33.3 Å². The van der Waals surface area contributed by atoms with E-state index < -0.39 is 11.6 Å². The number of carbonyl (C=O) groups is 1. The molecule has 0 bridgehead atoms. The summed E-state index contributed by atoms with van der Waals surface area (Å²) >= 11 is 0. The highest BCUT2D eigenvalue weighted by Gasteiger charge is 2.44. The summed E-state index contributed by atoms with van der Waals surface area (Å²) in [7, 11) is 2.18. The lowest BCUT2D eigenvalue weighted by Gasteiger charge is -2.41. The van der Waals surface area contributed by atoms with Crippen molar-refractivity contribution in [1.29, 1.82) is 0 Å². The molecular formula is C28H32NO4+. The summed E-state index contributed by atoms with van der Waals surface area (Å²) in [5, 5.41) is 11.7. The highest BCUT2D eigenvalue weighted by Crippen LogP contribution is 2.32. The first-order chi connectivity index (χ1) is 16.0. The Bertz CT molecular complexity index is 986. The van der Waals surface area contributed by atoms with Crippen LogP contribution in [-0.4, -0.2) is 55.0 Å². The monoisotopic (exact) mass is 446 g/mol. The average molecular weight is 447 g/mol. The van der Waals surface area contributed by atoms with Crippen LogP contribution >= 0.6 is 0 Å². The molecule has 5 heteroatoms. The van der Waals surface area contributed by atoms with Gasteiger partial charge in [-0.1, -0.05) is 78.9 Å². The van der Waals surface area contributed by atoms with Crippen molar-refractivity contribution in [3.63, 3.8) is 0 Å². The third-order valence-corrected chi connectivity index (χ3v) is 6.46. The van der Waals surface area contributed by atoms with E-state index in [9.17, 15) is 9.90 Å². The Kier molecular flexibility index (Phi) is 7.11. The van der Waals surface area contributed by atoms with Gasteiger partial charge in [-0.2, -0.15) is 0 Å². The SMILES string of the molecule is C[N@+]1(CCOc2ccccc2)CCC[C@H](OC(=O)C(O)(c2ccccc2)c2ccccc2)C1. The van der Waals surface area contributed by atoms with Gasteiger partial charge in [0.2, 0.25) is 5.60 Å². The van der Waals surface area contributed by atoms with Gasteiger partial charge in [-0.3, -0.25) is 0 Å². The van der Waals surface area contributed by atoms with Crippen molar-refractivity contribution in [3.8, 4) is 5.75 Å². The molecule has 3 aromatic carbocycles. The van der Waals surface area contributed by atoms with Gasteiger partial charge in [0.15, 0.2) is 6.10 Å². The average Bonchev–Trinajstić information content (AvgIpc) is 2.85. The van der Waals surface area contributed by atoms with Gasteiger partial charge in [0.25, 0.3) is 0 Å². The molecule has 172 valence electrons. The quantitative estimate of drug-likeness (QED) is 0.417. The third kappa shape index (κ3) is 5.44. The standard InChI is InChI=1S/C28H32NO4/c1-29(20-21-32-25-16-9-4-10-17-25)19-11-18-26(22-29)33-27(30)28(31,23-12-5-2-6-13-23)24-14-7-3-8-15-24/h2-10,12-17,26,31H,11,18-22H2,1H3/q+1/t26-,29+/m0/s1. The Balaban J connectivity index is 1.44. The number of rotatable bonds is 8. The molecule has 0 spiro atoms. The molecule has 1 N–H and O–H groups in total. The summed E-state index contributed by atoms with van der Waals surface area (Å²) < 4.78 is 12.6. The number of carbonyl (C=O) groups excluding carboxylic acids is 1. The first kappa shape index (κ1) is 23.0. The largest absolute Gasteiger partial charge is 0.488 e. The van der Waals surface area contributed by atoms with Crippen molar-refractivity contribution >= 4 is 5.97 Å². The molecule has 1 aliphatic heterocycles. The number of hydrogen-bond acceptors (Lipinski definition) is 4. The minimum Gasteiger partial charge on any atom is -0.488 e. The molecule has 0 radical (unpaired) electrons. The van der Waals surface area contributed by atoms with Crippen LogP contribution < -0.4 is 4.74 Å². The Hall–Kier alpha value is -3.15. The van der Waals surface area contributed by atoms with Crippen LogP contribution in [0.4, 0.5) is 0 Å². The zero-order chi connectivity index (χ0) is 23.2. The number of aliphatic hydroxyl groups is 1. The van der Waals surface area contributed by atoms with E-state index in [2.05, 4.69) is 7.05 Å². The van der Waals surface area contributed by atoms with Crippen LogP contribution in [0.1, 0.15) is 24.0 Å². The summed E-state index contributed by atoms with van der Waals surface area (Å²) in [4.78, 5) is 13.4. The molecule has 1 aliphatic rings. The molecule has 2 atom stereocenters. The number of likely N-dealkylation sites (N-methyl/N-ethyl adjacent to an activating group) is 1. The molecular weight excluding hydrogens is 414 g/mol. The minimum atomic E-state index is -1.85. The summed E-state index contributed by atoms with van der Waals surface area (Å²) in [5.41, 5.74) is -0.837. The van der Waals surface area contributed by atoms with E-state index >= 15 is 0 Å². The maximum absolute atomic E-state index is 13.4. The second kappa shape index (κ2) is 10.2. The minimum absolute atomic E-state index is 0.257. The number of quaternary nitrogens is 1. The van der Waals surface area contributed by atoms with E-state index in [0.29, 0.717) is 24.3 Å². The van der Waals surface area contributed by atoms with E-state index in [1.165, 1.54) is 0 Å². The third-order valence-electron chi connectivity index (χ3n) is 6.46. The Morgan fingerprint density at radius 3 is 2.06 bits per heavy atom. The van der Waals surface area contributed by atoms with Gasteiger partial charge in [0.05, 0.1) is 13.6 Å². The van der Waals surface area contributed by atoms with Gasteiger partial charge in [-0.15, -0.1) is 0 Å². The number of benzene rings is 3. The summed E-state index contributed by atoms with van der Waals surface area (Å²) in [6, 6.07) is 27.8. The Morgan fingerprint density at radius 1 is 0.939 bits per heavy atom. The molecule has 0 aliphatic carbocycles. The van der Waals surface area contributed by atoms with Gasteiger partial charge in [0, 0.05) is 6.42 Å². The van der Waals surface area contributed by atoms with Crippen molar-refractivity contribution in [3.05, 3.63) is 102 Å². The second-order valence-electron chi connectivity index (χ2n) is 9.02. The second-order valence-corrected chi connectivity index (χ2v) is 9.02. The summed E-state index contributed by atoms with van der Waals surface area (Å²) in [6.45, 7) is 3.13. The van der Waals surface area contributed by atoms with Crippen LogP contribution in [0.15, 0.2) is 91.0 Å². The normalized spacial score (nSPS) is 20.7. The molecule has 33 heavy (non-hydrogen) atoms. The maximum Gasteiger partial charge on any atom is 0.348 e. The number of likely N-dealkylation sites (tertiary alicyclic amines) is 1. The molecule has 0 unspecified atom stereocenters. The van der Waals surface area contributed by atoms with E-state index in [4.69, 9.17) is 9.47 Å². The van der Waals surface area contributed by atoms with E-state index in [1.807, 2.05) is 66.7 Å². The number of hydrogen-bond donors (Lipinski definition) is 1. The van der Waals surface area contributed by atoms with Gasteiger partial charge in [0.1, 0.15) is 25.4 Å². The molecule has 0 amide bonds. The molecule has 0 aromatic heterocycles. The molecule has 1 fully saturated rings. The zero-order valence-corrected chi connectivity index (χ0v) is 19.1. The van der Waals surface area contributed by atoms with Gasteiger partial charge >= 0.3 is 5.97 Å². The van der Waals surface area contributed by atoms with E-state index in [0.717, 1.165) is 36.2 Å². The lowest BCUT2D eigenvalue weighted by atomic mass is 9.86. The van der Waals surface area contributed by atoms with Crippen LogP contribution in [0.2, 0.25) is 0 Å². The molecule has 0 saturated carbocycles. The Labute approximate surface area is 195 Å². The highest BCUT2D eigenvalue weighted by molar-refractivity contribution is 5.85. The smallest absolute Gasteiger partial charge is 0.348 e. The lowest BCUT2D eigenvalue weighted by Crippen LogP contribution is -2.56. The number of nitrogens with zero attached hydrogens (tertiary/aromatic N) is 1. The van der Waals surface area contributed by atoms with Crippen molar-refractivity contribution in [1.82, 2.24) is 0 Å². The summed E-state index contributed by atoms with van der Waals surface area (Å²) in [6.07, 6.45) is 1.49. The number of piperidine rings is 1. The van der Waals surface area contributed by atoms with Crippen LogP contribution in [0.25, 0.3) is 0 Å². The number of para-hydroxylation sites is 1. The predicted molar refractivity (Wildman–Crippen MR) is 128 cm³/mol. The maximum atomic E-state index is 13.4. The van der Waals surface area contributed by atoms with Gasteiger partial charge < -0.3 is 19.1 Å². The molecule has 5 nitrogen and oxygen atoms in total. The highest BCUT2D eigenvalue weighted by atomic mass is 16.6. The molecule has 1 saturated heterocycles. The topological polar surface area (TPSA) is 55.8 Å². The molecule has 4 rings (SSSR count). The van der Waals surface area contributed by atoms with Crippen LogP contribution in [0.5, 0.6) is 5.75 Å². The van der Waals surface area contributed by atoms with Crippen LogP contribution in [-0.2, 0) is 15.1 Å². The predicted octanol–water partition coefficient (Wildman–Crippen LogP) is 4.15. The first-order valence-corrected chi connectivity index (χ1v) is 11.6. The van der Waals surface area contributed by atoms with Crippen molar-refractivity contribution < 1.29 is 23.9 Å². The molecule has 3 aromatic rings. The lowest BCUT2D eigenvalue weighted by molar-refractivity contribution is -0.917. The first-order valence-electron chi connectivity index (χ1n) is 11.6. The summed E-state index contributed by atoms with van der Waals surface area (Å²) in [5.74, 6) is 0.235. The van der Waals surface area contributed by atoms with Crippen LogP contribution in [0.3, 0.4) is 0 Å². The molecule has 1 heterocycles. The fourth-order valence-electron chi connectivity index (χ4n) is 4.57. The van der Waals surface area contributed by atoms with E-state index in [1.54, 1.807) is 24.3 Å². The van der Waals surface area contributed by atoms with Crippen LogP contribution in [0, 0.1) is 0 Å². The van der Waals surface area contributed by atoms with Crippen molar-refractivity contribution in [2.24, 2.45) is 0 Å². The number of esters is 1. The fourth-order valence-corrected chi connectivity index (χ4v) is 4.57. The van der Waals surface area contributed by atoms with E-state index in [-0.39, 0.29) is 6.10 Å². The van der Waals surface area contributed by atoms with Crippen molar-refractivity contribution in [2.45, 2.75) is 24.5 Å².